The second-order valence-electron chi connectivity index (χ2n) is 18.5. The van der Waals surface area contributed by atoms with Gasteiger partial charge in [-0.3, -0.25) is 0 Å². The number of hydrogen-bond donors (Lipinski definition) is 2. The summed E-state index contributed by atoms with van der Waals surface area (Å²) >= 11 is 0. The predicted molar refractivity (Wildman–Crippen MR) is 278 cm³/mol. The highest BCUT2D eigenvalue weighted by molar-refractivity contribution is 5.90. The molecule has 360 valence electrons. The minimum atomic E-state index is -0.893. The summed E-state index contributed by atoms with van der Waals surface area (Å²) in [5.41, 5.74) is 7.85. The number of rotatable bonds is 31. The third kappa shape index (κ3) is 26.5. The van der Waals surface area contributed by atoms with Gasteiger partial charge < -0.3 is 14.9 Å². The van der Waals surface area contributed by atoms with Crippen LogP contribution in [0, 0.1) is 25.7 Å². The molecule has 4 aromatic carbocycles. The number of aromatic carboxylic acids is 1. The Bertz CT molecular complexity index is 1740. The van der Waals surface area contributed by atoms with Gasteiger partial charge in [0.05, 0.1) is 17.7 Å². The summed E-state index contributed by atoms with van der Waals surface area (Å²) in [5.74, 6) is -0.00994. The average Bonchev–Trinajstić information content (AvgIpc) is 3.33. The molecule has 5 nitrogen and oxygen atoms in total. The Morgan fingerprint density at radius 3 is 1.05 bits per heavy atom. The van der Waals surface area contributed by atoms with Crippen molar-refractivity contribution in [2.75, 3.05) is 13.2 Å². The van der Waals surface area contributed by atoms with Gasteiger partial charge >= 0.3 is 11.9 Å². The van der Waals surface area contributed by atoms with Gasteiger partial charge in [-0.25, -0.2) is 9.59 Å². The van der Waals surface area contributed by atoms with Gasteiger partial charge in [0.15, 0.2) is 0 Å². The van der Waals surface area contributed by atoms with Crippen LogP contribution in [-0.2, 0) is 4.74 Å². The van der Waals surface area contributed by atoms with Crippen molar-refractivity contribution in [3.05, 3.63) is 119 Å². The summed E-state index contributed by atoms with van der Waals surface area (Å²) in [7, 11) is 0. The highest BCUT2D eigenvalue weighted by Crippen LogP contribution is 2.24. The largest absolute Gasteiger partial charge is 0.478 e. The first-order valence-electron chi connectivity index (χ1n) is 26.0. The highest BCUT2D eigenvalue weighted by Gasteiger charge is 2.14. The molecule has 0 radical (unpaired) electrons. The van der Waals surface area contributed by atoms with Crippen LogP contribution < -0.4 is 0 Å². The second kappa shape index (κ2) is 36.9. The number of carbonyl (C=O) groups is 2. The smallest absolute Gasteiger partial charge is 0.338 e. The molecule has 4 aromatic rings. The number of carbonyl (C=O) groups excluding carboxylic acids is 1. The van der Waals surface area contributed by atoms with E-state index in [1.54, 1.807) is 12.1 Å². The number of aliphatic hydroxyl groups excluding tert-OH is 1. The van der Waals surface area contributed by atoms with Crippen molar-refractivity contribution in [1.82, 2.24) is 0 Å². The Balaban J connectivity index is 0.000000370. The van der Waals surface area contributed by atoms with Gasteiger partial charge in [0.25, 0.3) is 0 Å². The number of carboxylic acid groups (broad SMARTS) is 1. The van der Waals surface area contributed by atoms with E-state index in [0.29, 0.717) is 36.2 Å². The topological polar surface area (TPSA) is 83.8 Å². The van der Waals surface area contributed by atoms with E-state index < -0.39 is 5.97 Å². The average molecular weight is 891 g/mol. The second-order valence-corrected chi connectivity index (χ2v) is 18.5. The van der Waals surface area contributed by atoms with Crippen LogP contribution in [0.1, 0.15) is 214 Å². The van der Waals surface area contributed by atoms with Crippen LogP contribution >= 0.6 is 0 Å². The standard InChI is InChI=1S/C30H44O2.C16H34O.C14H12O2/c1-4-6-8-10-11-13-15-26(14-12-9-7-5-2)24-32-30(31)29-22-20-28(21-23-29)27-18-16-25(3)17-19-27;1-3-5-7-9-10-12-14-16(15-17)13-11-8-6-4-2;1-10-2-4-11(5-3-10)12-6-8-13(9-7-12)14(15)16/h16-23,26H,4-15,24H2,1-3H3;16-17H,3-15H2,1-2H3;2-9H,1H3,(H,15,16). The molecule has 0 heterocycles. The lowest BCUT2D eigenvalue weighted by Gasteiger charge is -2.17. The molecule has 0 saturated carbocycles. The van der Waals surface area contributed by atoms with Gasteiger partial charge in [0.2, 0.25) is 0 Å². The van der Waals surface area contributed by atoms with Crippen LogP contribution in [0.5, 0.6) is 0 Å². The Labute approximate surface area is 397 Å². The van der Waals surface area contributed by atoms with E-state index in [0.717, 1.165) is 16.7 Å². The third-order valence-electron chi connectivity index (χ3n) is 12.6. The SMILES string of the molecule is CCCCCCCCC(CCCCCC)COC(=O)c1ccc(-c2ccc(C)cc2)cc1.CCCCCCCCC(CO)CCCCCC.Cc1ccc(-c2ccc(C(=O)O)cc2)cc1. The van der Waals surface area contributed by atoms with Crippen LogP contribution in [0.4, 0.5) is 0 Å². The van der Waals surface area contributed by atoms with Gasteiger partial charge in [-0.1, -0.05) is 240 Å². The van der Waals surface area contributed by atoms with Gasteiger partial charge in [-0.2, -0.15) is 0 Å². The Hall–Kier alpha value is -4.22. The lowest BCUT2D eigenvalue weighted by Crippen LogP contribution is -2.15. The molecule has 2 unspecified atom stereocenters. The zero-order valence-corrected chi connectivity index (χ0v) is 41.9. The first kappa shape index (κ1) is 56.9. The summed E-state index contributed by atoms with van der Waals surface area (Å²) in [6.07, 6.45) is 31.4. The fraction of sp³-hybridized carbons (Fsp3) is 0.567. The number of benzene rings is 4. The summed E-state index contributed by atoms with van der Waals surface area (Å²) in [6.45, 7) is 14.1. The lowest BCUT2D eigenvalue weighted by atomic mass is 9.95. The zero-order chi connectivity index (χ0) is 47.3. The van der Waals surface area contributed by atoms with Crippen LogP contribution in [0.2, 0.25) is 0 Å². The van der Waals surface area contributed by atoms with Crippen molar-refractivity contribution in [3.63, 3.8) is 0 Å². The quantitative estimate of drug-likeness (QED) is 0.0388. The molecule has 0 bridgehead atoms. The number of esters is 1. The molecule has 2 atom stereocenters. The Morgan fingerprint density at radius 2 is 0.708 bits per heavy atom. The van der Waals surface area contributed by atoms with E-state index in [9.17, 15) is 14.7 Å². The molecule has 0 fully saturated rings. The first-order valence-corrected chi connectivity index (χ1v) is 26.0. The maximum Gasteiger partial charge on any atom is 0.338 e. The third-order valence-corrected chi connectivity index (χ3v) is 12.6. The molecule has 5 heteroatoms. The lowest BCUT2D eigenvalue weighted by molar-refractivity contribution is 0.0421. The molecule has 0 aliphatic heterocycles. The molecule has 0 spiro atoms. The molecule has 0 aliphatic carbocycles. The fourth-order valence-corrected chi connectivity index (χ4v) is 8.16. The van der Waals surface area contributed by atoms with Gasteiger partial charge in [0.1, 0.15) is 0 Å². The summed E-state index contributed by atoms with van der Waals surface area (Å²) in [5, 5.41) is 18.1. The first-order chi connectivity index (χ1) is 31.6. The highest BCUT2D eigenvalue weighted by atomic mass is 16.5. The van der Waals surface area contributed by atoms with Gasteiger partial charge in [-0.15, -0.1) is 0 Å². The maximum absolute atomic E-state index is 12.6. The van der Waals surface area contributed by atoms with E-state index in [-0.39, 0.29) is 5.97 Å². The molecule has 0 saturated heterocycles. The summed E-state index contributed by atoms with van der Waals surface area (Å²) in [4.78, 5) is 23.3. The molecule has 65 heavy (non-hydrogen) atoms. The number of aliphatic hydroxyl groups is 1. The van der Waals surface area contributed by atoms with E-state index in [1.165, 1.54) is 171 Å². The van der Waals surface area contributed by atoms with E-state index in [1.807, 2.05) is 67.6 Å². The van der Waals surface area contributed by atoms with Crippen molar-refractivity contribution in [2.45, 2.75) is 196 Å². The van der Waals surface area contributed by atoms with Crippen LogP contribution in [0.3, 0.4) is 0 Å². The summed E-state index contributed by atoms with van der Waals surface area (Å²) < 4.78 is 5.77. The molecular formula is C60H90O5. The van der Waals surface area contributed by atoms with Crippen molar-refractivity contribution in [2.24, 2.45) is 11.8 Å². The fourth-order valence-electron chi connectivity index (χ4n) is 8.16. The number of hydrogen-bond acceptors (Lipinski definition) is 4. The number of carboxylic acids is 1. The van der Waals surface area contributed by atoms with Crippen LogP contribution in [0.25, 0.3) is 22.3 Å². The predicted octanol–water partition coefficient (Wildman–Crippen LogP) is 17.8. The number of aryl methyl sites for hydroxylation is 2. The van der Waals surface area contributed by atoms with Gasteiger partial charge in [0, 0.05) is 6.61 Å². The van der Waals surface area contributed by atoms with E-state index in [4.69, 9.17) is 9.84 Å². The van der Waals surface area contributed by atoms with Crippen molar-refractivity contribution in [1.29, 1.82) is 0 Å². The van der Waals surface area contributed by atoms with E-state index >= 15 is 0 Å². The minimum absolute atomic E-state index is 0.193. The van der Waals surface area contributed by atoms with E-state index in [2.05, 4.69) is 58.9 Å². The van der Waals surface area contributed by atoms with Crippen molar-refractivity contribution >= 4 is 11.9 Å². The normalized spacial score (nSPS) is 11.7. The maximum atomic E-state index is 12.6. The molecule has 0 aliphatic rings. The van der Waals surface area contributed by atoms with Crippen LogP contribution in [0.15, 0.2) is 97.1 Å². The monoisotopic (exact) mass is 891 g/mol. The Morgan fingerprint density at radius 1 is 0.415 bits per heavy atom. The summed E-state index contributed by atoms with van der Waals surface area (Å²) in [6, 6.07) is 31.3. The molecule has 4 rings (SSSR count). The van der Waals surface area contributed by atoms with Crippen molar-refractivity contribution in [3.8, 4) is 22.3 Å². The molecular weight excluding hydrogens is 801 g/mol. The minimum Gasteiger partial charge on any atom is -0.478 e. The number of ether oxygens (including phenoxy) is 1. The molecule has 2 N–H and O–H groups in total. The van der Waals surface area contributed by atoms with Crippen LogP contribution in [-0.4, -0.2) is 35.4 Å². The number of unbranched alkanes of at least 4 members (excludes halogenated alkanes) is 16. The zero-order valence-electron chi connectivity index (χ0n) is 41.9. The van der Waals surface area contributed by atoms with Crippen molar-refractivity contribution < 1.29 is 24.5 Å². The molecule has 0 aromatic heterocycles. The molecule has 0 amide bonds. The Kier molecular flexibility index (Phi) is 32.3. The van der Waals surface area contributed by atoms with Gasteiger partial charge in [-0.05, 0) is 97.9 Å².